The second kappa shape index (κ2) is 2.42. The first-order chi connectivity index (χ1) is 5.66. The zero-order valence-corrected chi connectivity index (χ0v) is 7.28. The van der Waals surface area contributed by atoms with Gasteiger partial charge in [-0.1, -0.05) is 11.3 Å². The maximum absolute atomic E-state index is 12.8. The van der Waals surface area contributed by atoms with Crippen molar-refractivity contribution in [1.82, 2.24) is 4.98 Å². The van der Waals surface area contributed by atoms with Crippen molar-refractivity contribution >= 4 is 26.7 Å². The molecule has 0 saturated heterocycles. The zero-order chi connectivity index (χ0) is 8.72. The number of aryl methyl sites for hydroxylation is 1. The summed E-state index contributed by atoms with van der Waals surface area (Å²) in [5, 5.41) is 0.485. The largest absolute Gasteiger partial charge is 0.375 e. The van der Waals surface area contributed by atoms with Gasteiger partial charge in [0.15, 0.2) is 5.13 Å². The molecule has 62 valence electrons. The van der Waals surface area contributed by atoms with Crippen LogP contribution in [-0.2, 0) is 0 Å². The predicted octanol–water partition coefficient (Wildman–Crippen LogP) is 2.33. The summed E-state index contributed by atoms with van der Waals surface area (Å²) >= 11 is 1.31. The maximum atomic E-state index is 12.8. The molecule has 2 N–H and O–H groups in total. The van der Waals surface area contributed by atoms with Gasteiger partial charge in [-0.2, -0.15) is 0 Å². The number of rotatable bonds is 0. The van der Waals surface area contributed by atoms with Crippen LogP contribution in [0.5, 0.6) is 0 Å². The van der Waals surface area contributed by atoms with Crippen molar-refractivity contribution in [2.45, 2.75) is 6.92 Å². The standard InChI is InChI=1S/C8H7FN2S/c1-4-2-5(9)3-6-7(4)11-8(10)12-6/h2-3H,1H3,(H2,10,11). The number of benzene rings is 1. The predicted molar refractivity (Wildman–Crippen MR) is 48.7 cm³/mol. The third-order valence-electron chi connectivity index (χ3n) is 1.67. The molecule has 0 spiro atoms. The topological polar surface area (TPSA) is 38.9 Å². The van der Waals surface area contributed by atoms with E-state index in [4.69, 9.17) is 5.73 Å². The Labute approximate surface area is 72.8 Å². The second-order valence-corrected chi connectivity index (χ2v) is 3.68. The molecule has 0 aliphatic carbocycles. The van der Waals surface area contributed by atoms with Crippen LogP contribution in [0.3, 0.4) is 0 Å². The van der Waals surface area contributed by atoms with Crippen LogP contribution in [0.2, 0.25) is 0 Å². The van der Waals surface area contributed by atoms with Crippen LogP contribution in [-0.4, -0.2) is 4.98 Å². The minimum absolute atomic E-state index is 0.233. The monoisotopic (exact) mass is 182 g/mol. The molecule has 2 nitrogen and oxygen atoms in total. The lowest BCUT2D eigenvalue weighted by Crippen LogP contribution is -1.82. The van der Waals surface area contributed by atoms with Crippen molar-refractivity contribution in [2.24, 2.45) is 0 Å². The van der Waals surface area contributed by atoms with Crippen LogP contribution < -0.4 is 5.73 Å². The van der Waals surface area contributed by atoms with Crippen molar-refractivity contribution < 1.29 is 4.39 Å². The zero-order valence-electron chi connectivity index (χ0n) is 6.47. The Morgan fingerprint density at radius 1 is 1.50 bits per heavy atom. The Balaban J connectivity index is 2.88. The van der Waals surface area contributed by atoms with Gasteiger partial charge in [-0.15, -0.1) is 0 Å². The SMILES string of the molecule is Cc1cc(F)cc2sc(N)nc12. The highest BCUT2D eigenvalue weighted by atomic mass is 32.1. The fourth-order valence-electron chi connectivity index (χ4n) is 1.17. The molecule has 0 unspecified atom stereocenters. The van der Waals surface area contributed by atoms with E-state index in [1.165, 1.54) is 23.5 Å². The minimum Gasteiger partial charge on any atom is -0.375 e. The Kier molecular flexibility index (Phi) is 1.51. The van der Waals surface area contributed by atoms with Crippen LogP contribution in [0.25, 0.3) is 10.2 Å². The molecule has 0 atom stereocenters. The Bertz CT molecular complexity index is 436. The number of nitrogen functional groups attached to an aromatic ring is 1. The lowest BCUT2D eigenvalue weighted by molar-refractivity contribution is 0.629. The minimum atomic E-state index is -0.233. The van der Waals surface area contributed by atoms with Crippen LogP contribution >= 0.6 is 11.3 Å². The molecular weight excluding hydrogens is 175 g/mol. The molecule has 4 heteroatoms. The smallest absolute Gasteiger partial charge is 0.181 e. The van der Waals surface area contributed by atoms with Crippen LogP contribution in [0, 0.1) is 12.7 Å². The molecule has 0 saturated carbocycles. The number of fused-ring (bicyclic) bond motifs is 1. The van der Waals surface area contributed by atoms with Crippen LogP contribution in [0.1, 0.15) is 5.56 Å². The van der Waals surface area contributed by atoms with Gasteiger partial charge < -0.3 is 5.73 Å². The number of aromatic nitrogens is 1. The molecule has 0 amide bonds. The van der Waals surface area contributed by atoms with E-state index in [9.17, 15) is 4.39 Å². The van der Waals surface area contributed by atoms with Gasteiger partial charge in [-0.25, -0.2) is 9.37 Å². The highest BCUT2D eigenvalue weighted by Crippen LogP contribution is 2.26. The fraction of sp³-hybridized carbons (Fsp3) is 0.125. The Morgan fingerprint density at radius 2 is 2.25 bits per heavy atom. The first-order valence-corrected chi connectivity index (χ1v) is 4.30. The Hall–Kier alpha value is -1.16. The molecule has 0 fully saturated rings. The van der Waals surface area contributed by atoms with Crippen molar-refractivity contribution in [2.75, 3.05) is 5.73 Å². The first kappa shape index (κ1) is 7.49. The van der Waals surface area contributed by atoms with E-state index in [2.05, 4.69) is 4.98 Å². The van der Waals surface area contributed by atoms with Gasteiger partial charge in [0.25, 0.3) is 0 Å². The third kappa shape index (κ3) is 1.04. The number of nitrogens with two attached hydrogens (primary N) is 1. The molecule has 12 heavy (non-hydrogen) atoms. The summed E-state index contributed by atoms with van der Waals surface area (Å²) in [5.41, 5.74) is 7.13. The van der Waals surface area contributed by atoms with Gasteiger partial charge >= 0.3 is 0 Å². The number of nitrogens with zero attached hydrogens (tertiary/aromatic N) is 1. The van der Waals surface area contributed by atoms with Crippen LogP contribution in [0.15, 0.2) is 12.1 Å². The molecule has 0 bridgehead atoms. The van der Waals surface area contributed by atoms with E-state index in [0.29, 0.717) is 5.13 Å². The molecular formula is C8H7FN2S. The van der Waals surface area contributed by atoms with E-state index < -0.39 is 0 Å². The van der Waals surface area contributed by atoms with E-state index in [1.807, 2.05) is 6.92 Å². The van der Waals surface area contributed by atoms with Crippen molar-refractivity contribution in [3.63, 3.8) is 0 Å². The summed E-state index contributed by atoms with van der Waals surface area (Å²) in [5.74, 6) is -0.233. The van der Waals surface area contributed by atoms with Gasteiger partial charge in [-0.05, 0) is 24.6 Å². The van der Waals surface area contributed by atoms with E-state index >= 15 is 0 Å². The van der Waals surface area contributed by atoms with Gasteiger partial charge in [0.05, 0.1) is 10.2 Å². The van der Waals surface area contributed by atoms with E-state index in [1.54, 1.807) is 0 Å². The number of thiazole rings is 1. The number of hydrogen-bond acceptors (Lipinski definition) is 3. The normalized spacial score (nSPS) is 10.8. The molecule has 0 radical (unpaired) electrons. The molecule has 2 rings (SSSR count). The summed E-state index contributed by atoms with van der Waals surface area (Å²) in [6.07, 6.45) is 0. The van der Waals surface area contributed by atoms with Crippen molar-refractivity contribution in [3.05, 3.63) is 23.5 Å². The average molecular weight is 182 g/mol. The fourth-order valence-corrected chi connectivity index (χ4v) is 2.01. The van der Waals surface area contributed by atoms with Crippen molar-refractivity contribution in [1.29, 1.82) is 0 Å². The Morgan fingerprint density at radius 3 is 3.00 bits per heavy atom. The van der Waals surface area contributed by atoms with Gasteiger partial charge in [0.2, 0.25) is 0 Å². The molecule has 0 aliphatic rings. The highest BCUT2D eigenvalue weighted by Gasteiger charge is 2.05. The van der Waals surface area contributed by atoms with Crippen molar-refractivity contribution in [3.8, 4) is 0 Å². The van der Waals surface area contributed by atoms with Gasteiger partial charge in [0, 0.05) is 0 Å². The lowest BCUT2D eigenvalue weighted by atomic mass is 10.2. The number of anilines is 1. The quantitative estimate of drug-likeness (QED) is 0.679. The summed E-state index contributed by atoms with van der Waals surface area (Å²) in [6.45, 7) is 1.82. The van der Waals surface area contributed by atoms with E-state index in [0.717, 1.165) is 15.8 Å². The second-order valence-electron chi connectivity index (χ2n) is 2.62. The third-order valence-corrected chi connectivity index (χ3v) is 2.50. The lowest BCUT2D eigenvalue weighted by Gasteiger charge is -1.93. The highest BCUT2D eigenvalue weighted by molar-refractivity contribution is 7.22. The summed E-state index contributed by atoms with van der Waals surface area (Å²) < 4.78 is 13.7. The van der Waals surface area contributed by atoms with E-state index in [-0.39, 0.29) is 5.82 Å². The molecule has 1 aromatic heterocycles. The molecule has 2 aromatic rings. The number of halogens is 1. The van der Waals surface area contributed by atoms with Crippen LogP contribution in [0.4, 0.5) is 9.52 Å². The first-order valence-electron chi connectivity index (χ1n) is 3.49. The summed E-state index contributed by atoms with van der Waals surface area (Å²) in [4.78, 5) is 4.08. The van der Waals surface area contributed by atoms with Gasteiger partial charge in [0.1, 0.15) is 5.82 Å². The average Bonchev–Trinajstić information content (AvgIpc) is 2.29. The number of hydrogen-bond donors (Lipinski definition) is 1. The van der Waals surface area contributed by atoms with Gasteiger partial charge in [-0.3, -0.25) is 0 Å². The molecule has 1 aromatic carbocycles. The molecule has 1 heterocycles. The maximum Gasteiger partial charge on any atom is 0.181 e. The molecule has 0 aliphatic heterocycles. The summed E-state index contributed by atoms with van der Waals surface area (Å²) in [7, 11) is 0. The summed E-state index contributed by atoms with van der Waals surface area (Å²) in [6, 6.07) is 2.91.